The fraction of sp³-hybridized carbons (Fsp3) is 0.600. The zero-order valence-electron chi connectivity index (χ0n) is 9.75. The van der Waals surface area contributed by atoms with Crippen molar-refractivity contribution in [1.29, 1.82) is 0 Å². The normalized spacial score (nSPS) is 19.5. The smallest absolute Gasteiger partial charge is 0.227 e. The summed E-state index contributed by atoms with van der Waals surface area (Å²) in [6.45, 7) is 4.49. The predicted octanol–water partition coefficient (Wildman–Crippen LogP) is 1.95. The first-order chi connectivity index (χ1) is 8.13. The molecule has 1 fully saturated rings. The quantitative estimate of drug-likeness (QED) is 0.455. The average molecular weight is 235 g/mol. The fourth-order valence-corrected chi connectivity index (χ4v) is 2.14. The van der Waals surface area contributed by atoms with Crippen LogP contribution in [0.3, 0.4) is 0 Å². The second kappa shape index (κ2) is 4.47. The molecule has 0 spiro atoms. The van der Waals surface area contributed by atoms with Gasteiger partial charge in [0.15, 0.2) is 5.76 Å². The van der Waals surface area contributed by atoms with E-state index in [0.29, 0.717) is 31.0 Å². The number of amides is 1. The molecule has 0 radical (unpaired) electrons. The third-order valence-electron chi connectivity index (χ3n) is 2.87. The van der Waals surface area contributed by atoms with Crippen molar-refractivity contribution in [2.75, 3.05) is 18.0 Å². The molecule has 1 saturated heterocycles. The Labute approximate surface area is 98.0 Å². The molecule has 0 N–H and O–H groups in total. The van der Waals surface area contributed by atoms with Crippen LogP contribution in [0.1, 0.15) is 17.9 Å². The van der Waals surface area contributed by atoms with Gasteiger partial charge in [-0.2, -0.15) is 0 Å². The molecule has 1 aliphatic heterocycles. The molecule has 1 aromatic heterocycles. The third kappa shape index (κ3) is 2.09. The maximum atomic E-state index is 11.9. The summed E-state index contributed by atoms with van der Waals surface area (Å²) < 4.78 is 5.05. The topological polar surface area (TPSA) is 95.1 Å². The Balaban J connectivity index is 2.18. The van der Waals surface area contributed by atoms with E-state index in [1.165, 1.54) is 0 Å². The largest absolute Gasteiger partial charge is 0.359 e. The number of azide groups is 1. The Bertz CT molecular complexity index is 469. The summed E-state index contributed by atoms with van der Waals surface area (Å²) in [5.41, 5.74) is 9.72. The molecule has 2 heterocycles. The summed E-state index contributed by atoms with van der Waals surface area (Å²) in [6.07, 6.45) is 0.406. The fourth-order valence-electron chi connectivity index (χ4n) is 2.14. The Morgan fingerprint density at radius 2 is 2.41 bits per heavy atom. The van der Waals surface area contributed by atoms with Crippen LogP contribution < -0.4 is 4.90 Å². The Kier molecular flexibility index (Phi) is 3.01. The van der Waals surface area contributed by atoms with Crippen LogP contribution in [0.4, 0.5) is 5.69 Å². The summed E-state index contributed by atoms with van der Waals surface area (Å²) in [5.74, 6) is 0.741. The zero-order chi connectivity index (χ0) is 12.4. The lowest BCUT2D eigenvalue weighted by molar-refractivity contribution is -0.117. The summed E-state index contributed by atoms with van der Waals surface area (Å²) >= 11 is 0. The molecule has 1 atom stereocenters. The number of aryl methyl sites for hydroxylation is 2. The van der Waals surface area contributed by atoms with Crippen LogP contribution in [0, 0.1) is 19.8 Å². The molecule has 1 aromatic rings. The van der Waals surface area contributed by atoms with Crippen molar-refractivity contribution in [3.8, 4) is 0 Å². The van der Waals surface area contributed by atoms with Crippen LogP contribution in [0.5, 0.6) is 0 Å². The maximum absolute atomic E-state index is 11.9. The van der Waals surface area contributed by atoms with Gasteiger partial charge in [-0.05, 0) is 25.3 Å². The van der Waals surface area contributed by atoms with Crippen LogP contribution in [0.15, 0.2) is 9.64 Å². The Morgan fingerprint density at radius 1 is 1.65 bits per heavy atom. The van der Waals surface area contributed by atoms with E-state index in [4.69, 9.17) is 10.1 Å². The van der Waals surface area contributed by atoms with E-state index >= 15 is 0 Å². The highest BCUT2D eigenvalue weighted by atomic mass is 16.5. The van der Waals surface area contributed by atoms with Gasteiger partial charge in [0.05, 0.1) is 0 Å². The van der Waals surface area contributed by atoms with E-state index in [1.807, 2.05) is 0 Å². The van der Waals surface area contributed by atoms with Gasteiger partial charge in [-0.25, -0.2) is 0 Å². The van der Waals surface area contributed by atoms with Gasteiger partial charge in [0.25, 0.3) is 0 Å². The molecular weight excluding hydrogens is 222 g/mol. The van der Waals surface area contributed by atoms with Crippen molar-refractivity contribution in [3.05, 3.63) is 21.9 Å². The summed E-state index contributed by atoms with van der Waals surface area (Å²) in [6, 6.07) is 0. The lowest BCUT2D eigenvalue weighted by Gasteiger charge is -2.15. The standard InChI is InChI=1S/C10H13N5O2/c1-6-10(7(2)17-13-6)15-5-8(3-9(15)16)4-12-14-11/h8H,3-5H2,1-2H3. The average Bonchev–Trinajstić information content (AvgIpc) is 2.80. The first-order valence-corrected chi connectivity index (χ1v) is 5.37. The number of nitrogens with zero attached hydrogens (tertiary/aromatic N) is 5. The minimum absolute atomic E-state index is 0.0255. The lowest BCUT2D eigenvalue weighted by Crippen LogP contribution is -2.25. The summed E-state index contributed by atoms with van der Waals surface area (Å²) in [5, 5.41) is 7.34. The maximum Gasteiger partial charge on any atom is 0.227 e. The number of hydrogen-bond acceptors (Lipinski definition) is 4. The van der Waals surface area contributed by atoms with E-state index in [-0.39, 0.29) is 11.8 Å². The Morgan fingerprint density at radius 3 is 3.00 bits per heavy atom. The van der Waals surface area contributed by atoms with Crippen LogP contribution in [0.25, 0.3) is 10.4 Å². The first kappa shape index (κ1) is 11.5. The SMILES string of the molecule is Cc1noc(C)c1N1CC(CN=[N+]=[N-])CC1=O. The lowest BCUT2D eigenvalue weighted by atomic mass is 10.1. The van der Waals surface area contributed by atoms with E-state index in [2.05, 4.69) is 15.2 Å². The molecule has 1 amide bonds. The van der Waals surface area contributed by atoms with Gasteiger partial charge in [-0.15, -0.1) is 0 Å². The molecule has 0 saturated carbocycles. The Hall–Kier alpha value is -2.01. The van der Waals surface area contributed by atoms with Gasteiger partial charge >= 0.3 is 0 Å². The van der Waals surface area contributed by atoms with Crippen molar-refractivity contribution in [2.24, 2.45) is 11.0 Å². The van der Waals surface area contributed by atoms with Gasteiger partial charge < -0.3 is 9.42 Å². The monoisotopic (exact) mass is 235 g/mol. The van der Waals surface area contributed by atoms with E-state index in [1.54, 1.807) is 18.7 Å². The van der Waals surface area contributed by atoms with Gasteiger partial charge in [0.2, 0.25) is 5.91 Å². The van der Waals surface area contributed by atoms with Gasteiger partial charge in [-0.1, -0.05) is 10.3 Å². The summed E-state index contributed by atoms with van der Waals surface area (Å²) in [4.78, 5) is 16.2. The van der Waals surface area contributed by atoms with Crippen molar-refractivity contribution < 1.29 is 9.32 Å². The van der Waals surface area contributed by atoms with Gasteiger partial charge in [0, 0.05) is 24.4 Å². The minimum atomic E-state index is 0.0255. The van der Waals surface area contributed by atoms with Crippen molar-refractivity contribution in [2.45, 2.75) is 20.3 Å². The predicted molar refractivity (Wildman–Crippen MR) is 60.5 cm³/mol. The third-order valence-corrected chi connectivity index (χ3v) is 2.87. The van der Waals surface area contributed by atoms with Crippen molar-refractivity contribution >= 4 is 11.6 Å². The number of hydrogen-bond donors (Lipinski definition) is 0. The molecule has 1 aliphatic rings. The molecule has 7 heteroatoms. The highest BCUT2D eigenvalue weighted by Gasteiger charge is 2.33. The van der Waals surface area contributed by atoms with E-state index < -0.39 is 0 Å². The van der Waals surface area contributed by atoms with E-state index in [9.17, 15) is 4.79 Å². The van der Waals surface area contributed by atoms with Crippen LogP contribution in [-0.2, 0) is 4.79 Å². The number of anilines is 1. The molecule has 1 unspecified atom stereocenters. The number of carbonyl (C=O) groups excluding carboxylic acids is 1. The molecule has 17 heavy (non-hydrogen) atoms. The minimum Gasteiger partial charge on any atom is -0.359 e. The molecule has 0 bridgehead atoms. The highest BCUT2D eigenvalue weighted by molar-refractivity contribution is 5.96. The molecule has 7 nitrogen and oxygen atoms in total. The van der Waals surface area contributed by atoms with Gasteiger partial charge in [-0.3, -0.25) is 4.79 Å². The molecule has 0 aromatic carbocycles. The van der Waals surface area contributed by atoms with Crippen molar-refractivity contribution in [3.63, 3.8) is 0 Å². The second-order valence-corrected chi connectivity index (χ2v) is 4.16. The molecule has 90 valence electrons. The molecule has 2 rings (SSSR count). The first-order valence-electron chi connectivity index (χ1n) is 5.37. The van der Waals surface area contributed by atoms with Crippen LogP contribution in [-0.4, -0.2) is 24.2 Å². The highest BCUT2D eigenvalue weighted by Crippen LogP contribution is 2.30. The van der Waals surface area contributed by atoms with Crippen LogP contribution in [0.2, 0.25) is 0 Å². The van der Waals surface area contributed by atoms with Gasteiger partial charge in [0.1, 0.15) is 11.4 Å². The summed E-state index contributed by atoms with van der Waals surface area (Å²) in [7, 11) is 0. The second-order valence-electron chi connectivity index (χ2n) is 4.16. The molecular formula is C10H13N5O2. The number of aromatic nitrogens is 1. The zero-order valence-corrected chi connectivity index (χ0v) is 9.75. The molecule has 0 aliphatic carbocycles. The number of rotatable bonds is 3. The number of carbonyl (C=O) groups is 1. The van der Waals surface area contributed by atoms with E-state index in [0.717, 1.165) is 5.69 Å². The van der Waals surface area contributed by atoms with Crippen LogP contribution >= 0.6 is 0 Å². The van der Waals surface area contributed by atoms with Crippen molar-refractivity contribution in [1.82, 2.24) is 5.16 Å².